The Morgan fingerprint density at radius 2 is 1.97 bits per heavy atom. The van der Waals surface area contributed by atoms with Gasteiger partial charge in [0.2, 0.25) is 0 Å². The lowest BCUT2D eigenvalue weighted by molar-refractivity contribution is -0.0340. The average Bonchev–Trinajstić information content (AvgIpc) is 2.80. The van der Waals surface area contributed by atoms with Gasteiger partial charge in [0, 0.05) is 12.1 Å². The van der Waals surface area contributed by atoms with Crippen molar-refractivity contribution in [2.45, 2.75) is 51.2 Å². The van der Waals surface area contributed by atoms with Gasteiger partial charge < -0.3 is 14.8 Å². The van der Waals surface area contributed by atoms with Crippen LogP contribution in [0.1, 0.15) is 49.8 Å². The molecule has 1 amide bonds. The van der Waals surface area contributed by atoms with Crippen LogP contribution in [0, 0.1) is 5.92 Å². The van der Waals surface area contributed by atoms with E-state index in [0.29, 0.717) is 12.5 Å². The Balaban J connectivity index is 1.33. The number of piperidine rings is 3. The maximum Gasteiger partial charge on any atom is 0.407 e. The molecule has 1 unspecified atom stereocenters. The quantitative estimate of drug-likeness (QED) is 0.744. The Morgan fingerprint density at radius 3 is 2.74 bits per heavy atom. The second kappa shape index (κ2) is 8.91. The normalized spacial score (nSPS) is 26.7. The van der Waals surface area contributed by atoms with Crippen molar-refractivity contribution in [3.05, 3.63) is 53.6 Å². The first kappa shape index (κ1) is 20.4. The fourth-order valence-electron chi connectivity index (χ4n) is 5.46. The van der Waals surface area contributed by atoms with Crippen LogP contribution in [0.15, 0.2) is 42.5 Å². The molecular formula is C26H32N2O3. The summed E-state index contributed by atoms with van der Waals surface area (Å²) in [6.07, 6.45) is 5.13. The topological polar surface area (TPSA) is 50.8 Å². The summed E-state index contributed by atoms with van der Waals surface area (Å²) in [5.74, 6) is 1.42. The van der Waals surface area contributed by atoms with Crippen LogP contribution >= 0.6 is 0 Å². The largest absolute Gasteiger partial charge is 0.493 e. The molecule has 6 rings (SSSR count). The number of nitrogens with one attached hydrogen (secondary N) is 1. The van der Waals surface area contributed by atoms with Gasteiger partial charge >= 0.3 is 6.09 Å². The summed E-state index contributed by atoms with van der Waals surface area (Å²) in [5.41, 5.74) is 4.74. The lowest BCUT2D eigenvalue weighted by Crippen LogP contribution is -2.52. The molecule has 2 atom stereocenters. The molecule has 0 spiro atoms. The smallest absolute Gasteiger partial charge is 0.407 e. The van der Waals surface area contributed by atoms with Crippen LogP contribution in [-0.4, -0.2) is 43.3 Å². The van der Waals surface area contributed by atoms with Gasteiger partial charge in [0.25, 0.3) is 0 Å². The highest BCUT2D eigenvalue weighted by Crippen LogP contribution is 2.36. The number of para-hydroxylation sites is 1. The maximum atomic E-state index is 12.8. The minimum atomic E-state index is -0.267. The Labute approximate surface area is 184 Å². The molecule has 5 heteroatoms. The van der Waals surface area contributed by atoms with Crippen molar-refractivity contribution in [1.82, 2.24) is 10.2 Å². The maximum absolute atomic E-state index is 12.8. The molecule has 0 aromatic heterocycles. The van der Waals surface area contributed by atoms with Crippen LogP contribution < -0.4 is 10.1 Å². The number of rotatable bonds is 5. The van der Waals surface area contributed by atoms with Crippen LogP contribution in [0.3, 0.4) is 0 Å². The van der Waals surface area contributed by atoms with E-state index in [-0.39, 0.29) is 18.2 Å². The number of aryl methyl sites for hydroxylation is 1. The molecule has 1 aliphatic carbocycles. The molecule has 4 aliphatic rings. The van der Waals surface area contributed by atoms with Gasteiger partial charge in [-0.3, -0.25) is 4.90 Å². The van der Waals surface area contributed by atoms with Gasteiger partial charge in [-0.15, -0.1) is 0 Å². The molecule has 3 fully saturated rings. The zero-order chi connectivity index (χ0) is 21.2. The number of nitrogens with zero attached hydrogens (tertiary/aromatic N) is 1. The Bertz CT molecular complexity index is 936. The molecule has 0 saturated carbocycles. The lowest BCUT2D eigenvalue weighted by Gasteiger charge is -2.44. The van der Waals surface area contributed by atoms with Gasteiger partial charge in [-0.2, -0.15) is 0 Å². The van der Waals surface area contributed by atoms with Crippen LogP contribution in [0.4, 0.5) is 4.79 Å². The van der Waals surface area contributed by atoms with Crippen LogP contribution in [0.5, 0.6) is 5.75 Å². The van der Waals surface area contributed by atoms with Crippen LogP contribution in [-0.2, 0) is 11.2 Å². The standard InChI is InChI=1S/C26H32N2O3/c1-2-30-24-9-4-3-7-21(24)20-11-10-18-6-5-8-23(22(18)16-20)27-26(29)31-25-17-28-14-12-19(25)13-15-28/h3-4,7,9-11,16,19,23,25H,2,5-6,8,12-15,17H2,1H3,(H,27,29)/t23?,25-/m0/s1. The predicted octanol–water partition coefficient (Wildman–Crippen LogP) is 4.95. The SMILES string of the molecule is CCOc1ccccc1-c1ccc2c(c1)C(NC(=O)O[C@H]1CN3CCC1CC3)CCC2. The predicted molar refractivity (Wildman–Crippen MR) is 121 cm³/mol. The van der Waals surface area contributed by atoms with Crippen LogP contribution in [0.2, 0.25) is 0 Å². The molecule has 3 aliphatic heterocycles. The second-order valence-corrected chi connectivity index (χ2v) is 9.01. The fraction of sp³-hybridized carbons (Fsp3) is 0.500. The van der Waals surface area contributed by atoms with Gasteiger partial charge in [0.05, 0.1) is 12.6 Å². The number of ether oxygens (including phenoxy) is 2. The molecule has 3 heterocycles. The van der Waals surface area contributed by atoms with Gasteiger partial charge in [-0.25, -0.2) is 4.79 Å². The third kappa shape index (κ3) is 4.29. The van der Waals surface area contributed by atoms with E-state index in [1.165, 1.54) is 11.1 Å². The monoisotopic (exact) mass is 420 g/mol. The highest BCUT2D eigenvalue weighted by Gasteiger charge is 2.37. The minimum absolute atomic E-state index is 0.00320. The summed E-state index contributed by atoms with van der Waals surface area (Å²) in [6, 6.07) is 14.8. The first-order valence-electron chi connectivity index (χ1n) is 11.8. The van der Waals surface area contributed by atoms with Crippen molar-refractivity contribution in [1.29, 1.82) is 0 Å². The van der Waals surface area contributed by atoms with E-state index in [9.17, 15) is 4.79 Å². The lowest BCUT2D eigenvalue weighted by atomic mass is 9.85. The highest BCUT2D eigenvalue weighted by molar-refractivity contribution is 5.72. The van der Waals surface area contributed by atoms with Crippen LogP contribution in [0.25, 0.3) is 11.1 Å². The summed E-state index contributed by atoms with van der Waals surface area (Å²) >= 11 is 0. The van der Waals surface area contributed by atoms with E-state index in [0.717, 1.165) is 68.6 Å². The first-order valence-corrected chi connectivity index (χ1v) is 11.8. The van der Waals surface area contributed by atoms with Gasteiger partial charge in [0.1, 0.15) is 11.9 Å². The van der Waals surface area contributed by atoms with Gasteiger partial charge in [0.15, 0.2) is 0 Å². The average molecular weight is 421 g/mol. The number of carbonyl (C=O) groups is 1. The molecule has 1 N–H and O–H groups in total. The summed E-state index contributed by atoms with van der Waals surface area (Å²) in [7, 11) is 0. The third-order valence-electron chi connectivity index (χ3n) is 7.10. The second-order valence-electron chi connectivity index (χ2n) is 9.01. The summed E-state index contributed by atoms with van der Waals surface area (Å²) in [4.78, 5) is 15.2. The van der Waals surface area contributed by atoms with E-state index >= 15 is 0 Å². The van der Waals surface area contributed by atoms with Crippen molar-refractivity contribution < 1.29 is 14.3 Å². The number of amides is 1. The summed E-state index contributed by atoms with van der Waals surface area (Å²) in [6.45, 7) is 5.82. The number of benzene rings is 2. The molecule has 31 heavy (non-hydrogen) atoms. The number of fused-ring (bicyclic) bond motifs is 4. The van der Waals surface area contributed by atoms with Crippen molar-refractivity contribution >= 4 is 6.09 Å². The molecule has 2 aromatic carbocycles. The number of carbonyl (C=O) groups excluding carboxylic acids is 1. The zero-order valence-electron chi connectivity index (χ0n) is 18.3. The molecule has 5 nitrogen and oxygen atoms in total. The Hall–Kier alpha value is -2.53. The van der Waals surface area contributed by atoms with E-state index in [1.54, 1.807) is 0 Å². The van der Waals surface area contributed by atoms with Crippen molar-refractivity contribution in [3.63, 3.8) is 0 Å². The number of hydrogen-bond donors (Lipinski definition) is 1. The van der Waals surface area contributed by atoms with E-state index in [4.69, 9.17) is 9.47 Å². The molecule has 2 aromatic rings. The number of hydrogen-bond acceptors (Lipinski definition) is 4. The van der Waals surface area contributed by atoms with Crippen molar-refractivity contribution in [2.24, 2.45) is 5.92 Å². The number of alkyl carbamates (subject to hydrolysis) is 1. The van der Waals surface area contributed by atoms with E-state index in [1.807, 2.05) is 25.1 Å². The molecule has 164 valence electrons. The van der Waals surface area contributed by atoms with Gasteiger partial charge in [-0.1, -0.05) is 30.3 Å². The third-order valence-corrected chi connectivity index (χ3v) is 7.10. The first-order chi connectivity index (χ1) is 15.2. The Morgan fingerprint density at radius 1 is 1.13 bits per heavy atom. The van der Waals surface area contributed by atoms with Crippen molar-refractivity contribution in [2.75, 3.05) is 26.2 Å². The van der Waals surface area contributed by atoms with E-state index in [2.05, 4.69) is 34.5 Å². The fourth-order valence-corrected chi connectivity index (χ4v) is 5.46. The Kier molecular flexibility index (Phi) is 5.86. The van der Waals surface area contributed by atoms with E-state index < -0.39 is 0 Å². The zero-order valence-corrected chi connectivity index (χ0v) is 18.3. The van der Waals surface area contributed by atoms with Crippen molar-refractivity contribution in [3.8, 4) is 16.9 Å². The highest BCUT2D eigenvalue weighted by atomic mass is 16.6. The summed E-state index contributed by atoms with van der Waals surface area (Å²) < 4.78 is 11.7. The van der Waals surface area contributed by atoms with Gasteiger partial charge in [-0.05, 0) is 86.9 Å². The molecule has 3 saturated heterocycles. The molecule has 2 bridgehead atoms. The molecule has 0 radical (unpaired) electrons. The molecular weight excluding hydrogens is 388 g/mol. The minimum Gasteiger partial charge on any atom is -0.493 e. The summed E-state index contributed by atoms with van der Waals surface area (Å²) in [5, 5.41) is 3.19.